The van der Waals surface area contributed by atoms with Gasteiger partial charge in [0.05, 0.1) is 13.0 Å². The molecule has 0 aliphatic carbocycles. The molecule has 0 radical (unpaired) electrons. The Morgan fingerprint density at radius 2 is 1.74 bits per heavy atom. The number of hydrogen-bond donors (Lipinski definition) is 0. The minimum absolute atomic E-state index is 0.0903. The van der Waals surface area contributed by atoms with Crippen molar-refractivity contribution in [2.45, 2.75) is 47.0 Å². The minimum Gasteiger partial charge on any atom is -0.466 e. The van der Waals surface area contributed by atoms with Crippen molar-refractivity contribution in [3.05, 3.63) is 35.9 Å². The van der Waals surface area contributed by atoms with Gasteiger partial charge in [-0.1, -0.05) is 51.1 Å². The molecule has 0 fully saturated rings. The second-order valence-corrected chi connectivity index (χ2v) is 6.39. The summed E-state index contributed by atoms with van der Waals surface area (Å²) in [7, 11) is 0. The van der Waals surface area contributed by atoms with E-state index < -0.39 is 5.41 Å². The van der Waals surface area contributed by atoms with Crippen LogP contribution in [0.25, 0.3) is 0 Å². The fraction of sp³-hybridized carbons (Fsp3) is 0.579. The van der Waals surface area contributed by atoms with Crippen LogP contribution >= 0.6 is 0 Å². The van der Waals surface area contributed by atoms with Crippen LogP contribution in [0.15, 0.2) is 30.3 Å². The average molecular weight is 319 g/mol. The summed E-state index contributed by atoms with van der Waals surface area (Å²) in [5, 5.41) is 0. The molecular weight excluding hydrogens is 290 g/mol. The first kappa shape index (κ1) is 19.2. The van der Waals surface area contributed by atoms with Gasteiger partial charge < -0.3 is 9.64 Å². The molecule has 1 aromatic rings. The zero-order valence-electron chi connectivity index (χ0n) is 14.8. The Balaban J connectivity index is 2.72. The van der Waals surface area contributed by atoms with Crippen LogP contribution in [-0.2, 0) is 20.7 Å². The van der Waals surface area contributed by atoms with Gasteiger partial charge in [0.2, 0.25) is 5.91 Å². The summed E-state index contributed by atoms with van der Waals surface area (Å²) in [6.45, 7) is 9.22. The van der Waals surface area contributed by atoms with E-state index in [2.05, 4.69) is 0 Å². The van der Waals surface area contributed by atoms with Crippen LogP contribution in [0.5, 0.6) is 0 Å². The highest BCUT2D eigenvalue weighted by molar-refractivity contribution is 5.82. The van der Waals surface area contributed by atoms with E-state index in [1.165, 1.54) is 0 Å². The van der Waals surface area contributed by atoms with Gasteiger partial charge in [0, 0.05) is 18.5 Å². The molecule has 0 heterocycles. The van der Waals surface area contributed by atoms with Gasteiger partial charge in [-0.2, -0.15) is 0 Å². The predicted molar refractivity (Wildman–Crippen MR) is 92.0 cm³/mol. The monoisotopic (exact) mass is 319 g/mol. The number of rotatable bonds is 9. The molecule has 0 spiro atoms. The Kier molecular flexibility index (Phi) is 7.79. The maximum atomic E-state index is 12.9. The van der Waals surface area contributed by atoms with Gasteiger partial charge >= 0.3 is 5.97 Å². The molecule has 4 nitrogen and oxygen atoms in total. The van der Waals surface area contributed by atoms with Crippen molar-refractivity contribution in [3.63, 3.8) is 0 Å². The quantitative estimate of drug-likeness (QED) is 0.655. The maximum absolute atomic E-state index is 12.9. The van der Waals surface area contributed by atoms with E-state index in [1.807, 2.05) is 51.1 Å². The van der Waals surface area contributed by atoms with Crippen molar-refractivity contribution in [2.24, 2.45) is 5.41 Å². The van der Waals surface area contributed by atoms with Crippen LogP contribution in [0.3, 0.4) is 0 Å². The highest BCUT2D eigenvalue weighted by Crippen LogP contribution is 2.25. The van der Waals surface area contributed by atoms with Crippen molar-refractivity contribution in [3.8, 4) is 0 Å². The maximum Gasteiger partial charge on any atom is 0.307 e. The first-order valence-electron chi connectivity index (χ1n) is 8.39. The number of benzene rings is 1. The highest BCUT2D eigenvalue weighted by Gasteiger charge is 2.32. The molecule has 0 saturated carbocycles. The molecule has 0 aromatic heterocycles. The van der Waals surface area contributed by atoms with Crippen LogP contribution in [-0.4, -0.2) is 36.5 Å². The molecule has 0 atom stereocenters. The number of carbonyl (C=O) groups excluding carboxylic acids is 2. The molecule has 128 valence electrons. The fourth-order valence-corrected chi connectivity index (χ4v) is 2.65. The third-order valence-electron chi connectivity index (χ3n) is 3.74. The molecule has 1 aromatic carbocycles. The Hall–Kier alpha value is -1.84. The van der Waals surface area contributed by atoms with Crippen LogP contribution in [0.1, 0.15) is 46.1 Å². The van der Waals surface area contributed by atoms with E-state index in [0.29, 0.717) is 26.1 Å². The second-order valence-electron chi connectivity index (χ2n) is 6.39. The number of esters is 1. The molecule has 0 saturated heterocycles. The Morgan fingerprint density at radius 1 is 1.09 bits per heavy atom. The van der Waals surface area contributed by atoms with Crippen LogP contribution in [0.2, 0.25) is 0 Å². The van der Waals surface area contributed by atoms with Crippen molar-refractivity contribution in [1.82, 2.24) is 4.90 Å². The minimum atomic E-state index is -0.495. The zero-order chi connectivity index (χ0) is 17.3. The first-order valence-corrected chi connectivity index (χ1v) is 8.39. The third kappa shape index (κ3) is 6.43. The molecule has 0 bridgehead atoms. The van der Waals surface area contributed by atoms with Gasteiger partial charge in [-0.15, -0.1) is 0 Å². The first-order chi connectivity index (χ1) is 10.9. The molecule has 0 unspecified atom stereocenters. The lowest BCUT2D eigenvalue weighted by Crippen LogP contribution is -2.43. The van der Waals surface area contributed by atoms with Gasteiger partial charge in [0.15, 0.2) is 0 Å². The lowest BCUT2D eigenvalue weighted by Gasteiger charge is -2.32. The van der Waals surface area contributed by atoms with E-state index in [4.69, 9.17) is 4.74 Å². The van der Waals surface area contributed by atoms with Crippen LogP contribution in [0, 0.1) is 5.41 Å². The zero-order valence-corrected chi connectivity index (χ0v) is 14.8. The Bertz CT molecular complexity index is 497. The third-order valence-corrected chi connectivity index (χ3v) is 3.74. The summed E-state index contributed by atoms with van der Waals surface area (Å²) in [4.78, 5) is 26.2. The average Bonchev–Trinajstić information content (AvgIpc) is 2.51. The highest BCUT2D eigenvalue weighted by atomic mass is 16.5. The molecule has 0 aliphatic heterocycles. The van der Waals surface area contributed by atoms with E-state index in [9.17, 15) is 9.59 Å². The fourth-order valence-electron chi connectivity index (χ4n) is 2.65. The summed E-state index contributed by atoms with van der Waals surface area (Å²) in [5.41, 5.74) is 0.651. The summed E-state index contributed by atoms with van der Waals surface area (Å²) in [5.74, 6) is -0.158. The van der Waals surface area contributed by atoms with Gasteiger partial charge in [-0.05, 0) is 25.3 Å². The topological polar surface area (TPSA) is 46.6 Å². The van der Waals surface area contributed by atoms with E-state index >= 15 is 0 Å². The summed E-state index contributed by atoms with van der Waals surface area (Å²) >= 11 is 0. The molecule has 4 heteroatoms. The van der Waals surface area contributed by atoms with E-state index in [-0.39, 0.29) is 18.3 Å². The molecule has 0 aliphatic rings. The summed E-state index contributed by atoms with van der Waals surface area (Å²) in [6, 6.07) is 10.0. The summed E-state index contributed by atoms with van der Waals surface area (Å²) in [6.07, 6.45) is 1.81. The number of amides is 1. The summed E-state index contributed by atoms with van der Waals surface area (Å²) < 4.78 is 4.95. The standard InChI is InChI=1S/C19H29NO3/c1-5-13-20(14-12-17(21)23-6-2)18(22)19(3,4)15-16-10-8-7-9-11-16/h7-11H,5-6,12-15H2,1-4H3. The Labute approximate surface area is 139 Å². The normalized spacial score (nSPS) is 11.1. The van der Waals surface area contributed by atoms with Crippen molar-refractivity contribution >= 4 is 11.9 Å². The molecule has 0 N–H and O–H groups in total. The number of hydrogen-bond acceptors (Lipinski definition) is 3. The van der Waals surface area contributed by atoms with Crippen LogP contribution in [0.4, 0.5) is 0 Å². The van der Waals surface area contributed by atoms with Gasteiger partial charge in [0.25, 0.3) is 0 Å². The lowest BCUT2D eigenvalue weighted by atomic mass is 9.84. The number of nitrogens with zero attached hydrogens (tertiary/aromatic N) is 1. The second kappa shape index (κ2) is 9.33. The van der Waals surface area contributed by atoms with E-state index in [1.54, 1.807) is 11.8 Å². The number of ether oxygens (including phenoxy) is 1. The molecule has 1 amide bonds. The van der Waals surface area contributed by atoms with Gasteiger partial charge in [0.1, 0.15) is 0 Å². The van der Waals surface area contributed by atoms with E-state index in [0.717, 1.165) is 12.0 Å². The van der Waals surface area contributed by atoms with Crippen molar-refractivity contribution in [2.75, 3.05) is 19.7 Å². The SMILES string of the molecule is CCCN(CCC(=O)OCC)C(=O)C(C)(C)Cc1ccccc1. The smallest absolute Gasteiger partial charge is 0.307 e. The Morgan fingerprint density at radius 3 is 2.30 bits per heavy atom. The van der Waals surface area contributed by atoms with Crippen molar-refractivity contribution in [1.29, 1.82) is 0 Å². The number of carbonyl (C=O) groups is 2. The molecule has 23 heavy (non-hydrogen) atoms. The lowest BCUT2D eigenvalue weighted by molar-refractivity contribution is -0.145. The predicted octanol–water partition coefficient (Wildman–Crippen LogP) is 3.45. The van der Waals surface area contributed by atoms with Gasteiger partial charge in [-0.3, -0.25) is 9.59 Å². The van der Waals surface area contributed by atoms with Gasteiger partial charge in [-0.25, -0.2) is 0 Å². The molecular formula is C19H29NO3. The van der Waals surface area contributed by atoms with Crippen molar-refractivity contribution < 1.29 is 14.3 Å². The van der Waals surface area contributed by atoms with Crippen LogP contribution < -0.4 is 0 Å². The molecule has 1 rings (SSSR count). The largest absolute Gasteiger partial charge is 0.466 e.